The molecule has 148 valence electrons. The van der Waals surface area contributed by atoms with Crippen LogP contribution in [0.25, 0.3) is 0 Å². The van der Waals surface area contributed by atoms with Crippen molar-refractivity contribution in [2.24, 2.45) is 9.98 Å². The molecule has 1 N–H and O–H groups in total. The van der Waals surface area contributed by atoms with Gasteiger partial charge in [-0.2, -0.15) is 0 Å². The predicted octanol–water partition coefficient (Wildman–Crippen LogP) is 5.82. The average molecular weight is 368 g/mol. The molecule has 0 spiro atoms. The monoisotopic (exact) mass is 367 g/mol. The summed E-state index contributed by atoms with van der Waals surface area (Å²) in [5.74, 6) is 0. The molecule has 0 amide bonds. The minimum Gasteiger partial charge on any atom is -0.301 e. The summed E-state index contributed by atoms with van der Waals surface area (Å²) in [6.45, 7) is 8.88. The molecular weight excluding hydrogens is 330 g/mol. The average Bonchev–Trinajstić information content (AvgIpc) is 3.21. The van der Waals surface area contributed by atoms with Gasteiger partial charge in [0.1, 0.15) is 0 Å². The molecule has 1 aromatic rings. The Kier molecular flexibility index (Phi) is 7.23. The van der Waals surface area contributed by atoms with Crippen molar-refractivity contribution < 1.29 is 0 Å². The molecule has 0 aromatic heterocycles. The van der Waals surface area contributed by atoms with Crippen LogP contribution in [0.1, 0.15) is 83.8 Å². The van der Waals surface area contributed by atoms with Crippen molar-refractivity contribution in [2.75, 3.05) is 0 Å². The summed E-state index contributed by atoms with van der Waals surface area (Å²) in [5.41, 5.74) is 6.46. The predicted molar refractivity (Wildman–Crippen MR) is 118 cm³/mol. The highest BCUT2D eigenvalue weighted by molar-refractivity contribution is 5.92. The molecule has 2 fully saturated rings. The standard InChI is InChI=1S/C24H37N3/c1-5-19-11-9-12-20(6-2)24(19)26-18(4)23-16-10-15-22(27-23)17(3)25-21-13-7-8-14-21/h9,11-12,21-23,27H,5-8,10,13-16H2,1-4H3. The lowest BCUT2D eigenvalue weighted by Gasteiger charge is -2.31. The van der Waals surface area contributed by atoms with Gasteiger partial charge in [0.2, 0.25) is 0 Å². The van der Waals surface area contributed by atoms with Crippen molar-refractivity contribution in [1.82, 2.24) is 5.32 Å². The number of benzene rings is 1. The van der Waals surface area contributed by atoms with E-state index in [1.807, 2.05) is 0 Å². The molecule has 1 aromatic carbocycles. The van der Waals surface area contributed by atoms with Gasteiger partial charge in [-0.05, 0) is 69.9 Å². The van der Waals surface area contributed by atoms with E-state index >= 15 is 0 Å². The first kappa shape index (κ1) is 20.3. The Balaban J connectivity index is 1.75. The van der Waals surface area contributed by atoms with E-state index in [4.69, 9.17) is 9.98 Å². The minimum atomic E-state index is 0.368. The Morgan fingerprint density at radius 1 is 0.889 bits per heavy atom. The molecular formula is C24H37N3. The molecule has 1 saturated heterocycles. The number of nitrogens with zero attached hydrogens (tertiary/aromatic N) is 2. The summed E-state index contributed by atoms with van der Waals surface area (Å²) in [4.78, 5) is 10.2. The molecule has 2 aliphatic rings. The third kappa shape index (κ3) is 5.07. The molecule has 27 heavy (non-hydrogen) atoms. The van der Waals surface area contributed by atoms with Crippen molar-refractivity contribution in [2.45, 2.75) is 104 Å². The molecule has 3 nitrogen and oxygen atoms in total. The summed E-state index contributed by atoms with van der Waals surface area (Å²) < 4.78 is 0. The Morgan fingerprint density at radius 2 is 1.48 bits per heavy atom. The number of nitrogens with one attached hydrogen (secondary N) is 1. The van der Waals surface area contributed by atoms with Gasteiger partial charge >= 0.3 is 0 Å². The third-order valence-electron chi connectivity index (χ3n) is 6.36. The largest absolute Gasteiger partial charge is 0.301 e. The van der Waals surface area contributed by atoms with Gasteiger partial charge in [0, 0.05) is 29.5 Å². The topological polar surface area (TPSA) is 36.8 Å². The molecule has 1 aliphatic heterocycles. The van der Waals surface area contributed by atoms with Gasteiger partial charge in [-0.1, -0.05) is 44.9 Å². The van der Waals surface area contributed by atoms with E-state index in [-0.39, 0.29) is 0 Å². The van der Waals surface area contributed by atoms with Crippen LogP contribution in [-0.2, 0) is 12.8 Å². The van der Waals surface area contributed by atoms with Gasteiger partial charge in [-0.3, -0.25) is 9.98 Å². The van der Waals surface area contributed by atoms with E-state index in [0.717, 1.165) is 12.8 Å². The molecule has 2 unspecified atom stereocenters. The number of para-hydroxylation sites is 1. The van der Waals surface area contributed by atoms with Crippen molar-refractivity contribution in [3.05, 3.63) is 29.3 Å². The van der Waals surface area contributed by atoms with Crippen LogP contribution in [-0.4, -0.2) is 29.5 Å². The fourth-order valence-electron chi connectivity index (χ4n) is 4.62. The zero-order valence-corrected chi connectivity index (χ0v) is 17.7. The highest BCUT2D eigenvalue weighted by atomic mass is 15.0. The lowest BCUT2D eigenvalue weighted by Crippen LogP contribution is -2.49. The van der Waals surface area contributed by atoms with E-state index in [2.05, 4.69) is 51.2 Å². The Bertz CT molecular complexity index is 661. The Morgan fingerprint density at radius 3 is 2.07 bits per heavy atom. The normalized spacial score (nSPS) is 25.2. The van der Waals surface area contributed by atoms with Crippen molar-refractivity contribution in [3.8, 4) is 0 Å². The van der Waals surface area contributed by atoms with E-state index in [0.29, 0.717) is 18.1 Å². The maximum absolute atomic E-state index is 5.14. The minimum absolute atomic E-state index is 0.368. The first-order valence-electron chi connectivity index (χ1n) is 11.1. The summed E-state index contributed by atoms with van der Waals surface area (Å²) in [6, 6.07) is 7.98. The molecule has 3 rings (SSSR count). The van der Waals surface area contributed by atoms with Gasteiger partial charge in [0.25, 0.3) is 0 Å². The van der Waals surface area contributed by atoms with Crippen molar-refractivity contribution in [3.63, 3.8) is 0 Å². The second-order valence-electron chi connectivity index (χ2n) is 8.30. The maximum atomic E-state index is 5.14. The van der Waals surface area contributed by atoms with Crippen LogP contribution < -0.4 is 5.32 Å². The Labute approximate surface area is 165 Å². The number of piperidine rings is 1. The number of aryl methyl sites for hydroxylation is 2. The summed E-state index contributed by atoms with van der Waals surface area (Å²) in [7, 11) is 0. The smallest absolute Gasteiger partial charge is 0.0693 e. The summed E-state index contributed by atoms with van der Waals surface area (Å²) in [5, 5.41) is 3.86. The zero-order chi connectivity index (χ0) is 19.2. The van der Waals surface area contributed by atoms with E-state index in [1.165, 1.54) is 73.2 Å². The fourth-order valence-corrected chi connectivity index (χ4v) is 4.62. The van der Waals surface area contributed by atoms with Crippen LogP contribution in [0.2, 0.25) is 0 Å². The highest BCUT2D eigenvalue weighted by Crippen LogP contribution is 2.27. The quantitative estimate of drug-likeness (QED) is 0.632. The second-order valence-corrected chi connectivity index (χ2v) is 8.30. The number of hydrogen-bond donors (Lipinski definition) is 1. The first-order valence-corrected chi connectivity index (χ1v) is 11.1. The van der Waals surface area contributed by atoms with E-state index in [1.54, 1.807) is 0 Å². The van der Waals surface area contributed by atoms with Crippen LogP contribution in [0.15, 0.2) is 28.2 Å². The van der Waals surface area contributed by atoms with Crippen LogP contribution >= 0.6 is 0 Å². The van der Waals surface area contributed by atoms with Gasteiger partial charge in [-0.15, -0.1) is 0 Å². The lowest BCUT2D eigenvalue weighted by molar-refractivity contribution is 0.425. The Hall–Kier alpha value is -1.48. The van der Waals surface area contributed by atoms with E-state index < -0.39 is 0 Å². The van der Waals surface area contributed by atoms with Gasteiger partial charge in [0.05, 0.1) is 5.69 Å². The van der Waals surface area contributed by atoms with Crippen molar-refractivity contribution in [1.29, 1.82) is 0 Å². The van der Waals surface area contributed by atoms with Crippen LogP contribution in [0, 0.1) is 0 Å². The van der Waals surface area contributed by atoms with Crippen LogP contribution in [0.3, 0.4) is 0 Å². The lowest BCUT2D eigenvalue weighted by atomic mass is 9.93. The molecule has 1 aliphatic carbocycles. The molecule has 1 heterocycles. The third-order valence-corrected chi connectivity index (χ3v) is 6.36. The van der Waals surface area contributed by atoms with Crippen molar-refractivity contribution >= 4 is 17.1 Å². The molecule has 0 radical (unpaired) electrons. The van der Waals surface area contributed by atoms with Crippen LogP contribution in [0.4, 0.5) is 5.69 Å². The number of aliphatic imine (C=N–C) groups is 2. The van der Waals surface area contributed by atoms with Gasteiger partial charge < -0.3 is 5.32 Å². The van der Waals surface area contributed by atoms with Gasteiger partial charge in [-0.25, -0.2) is 0 Å². The molecule has 3 heteroatoms. The highest BCUT2D eigenvalue weighted by Gasteiger charge is 2.26. The fraction of sp³-hybridized carbons (Fsp3) is 0.667. The summed E-state index contributed by atoms with van der Waals surface area (Å²) in [6.07, 6.45) is 11.0. The first-order chi connectivity index (χ1) is 13.1. The molecule has 2 atom stereocenters. The van der Waals surface area contributed by atoms with Crippen LogP contribution in [0.5, 0.6) is 0 Å². The molecule has 1 saturated carbocycles. The number of hydrogen-bond acceptors (Lipinski definition) is 3. The summed E-state index contributed by atoms with van der Waals surface area (Å²) >= 11 is 0. The van der Waals surface area contributed by atoms with E-state index in [9.17, 15) is 0 Å². The maximum Gasteiger partial charge on any atom is 0.0693 e. The molecule has 0 bridgehead atoms. The SMILES string of the molecule is CCc1cccc(CC)c1N=C(C)C1CCCC(C(C)=NC2CCCC2)N1. The van der Waals surface area contributed by atoms with Gasteiger partial charge in [0.15, 0.2) is 0 Å². The zero-order valence-electron chi connectivity index (χ0n) is 17.7. The number of rotatable bonds is 6. The second kappa shape index (κ2) is 9.64.